The lowest BCUT2D eigenvalue weighted by Crippen LogP contribution is -2.21. The Bertz CT molecular complexity index is 999. The molecule has 0 bridgehead atoms. The van der Waals surface area contributed by atoms with Crippen molar-refractivity contribution in [3.05, 3.63) is 76.6 Å². The molecule has 27 heavy (non-hydrogen) atoms. The largest absolute Gasteiger partial charge is 0.434 e. The smallest absolute Gasteiger partial charge is 0.319 e. The first-order valence-corrected chi connectivity index (χ1v) is 7.73. The lowest BCUT2D eigenvalue weighted by atomic mass is 10.2. The van der Waals surface area contributed by atoms with Crippen LogP contribution in [0.5, 0.6) is 0 Å². The van der Waals surface area contributed by atoms with E-state index in [0.717, 1.165) is 30.3 Å². The Labute approximate surface area is 154 Å². The van der Waals surface area contributed by atoms with Gasteiger partial charge in [0, 0.05) is 0 Å². The summed E-state index contributed by atoms with van der Waals surface area (Å²) in [5.74, 6) is -2.85. The van der Waals surface area contributed by atoms with Crippen molar-refractivity contribution in [3.63, 3.8) is 0 Å². The van der Waals surface area contributed by atoms with E-state index in [1.165, 1.54) is 12.1 Å². The molecule has 4 nitrogen and oxygen atoms in total. The van der Waals surface area contributed by atoms with Crippen molar-refractivity contribution in [2.24, 2.45) is 0 Å². The molecule has 1 N–H and O–H groups in total. The first-order valence-electron chi connectivity index (χ1n) is 7.35. The zero-order valence-electron chi connectivity index (χ0n) is 13.2. The summed E-state index contributed by atoms with van der Waals surface area (Å²) < 4.78 is 68.0. The number of carbonyl (C=O) groups is 1. The number of hydrogen-bond donors (Lipinski definition) is 1. The van der Waals surface area contributed by atoms with Crippen molar-refractivity contribution in [3.8, 4) is 5.69 Å². The molecule has 10 heteroatoms. The molecule has 1 heterocycles. The van der Waals surface area contributed by atoms with E-state index < -0.39 is 35.0 Å². The minimum Gasteiger partial charge on any atom is -0.319 e. The van der Waals surface area contributed by atoms with E-state index in [1.807, 2.05) is 5.32 Å². The Morgan fingerprint density at radius 2 is 1.74 bits per heavy atom. The Hall–Kier alpha value is -2.94. The van der Waals surface area contributed by atoms with Gasteiger partial charge in [-0.15, -0.1) is 0 Å². The Morgan fingerprint density at radius 3 is 2.37 bits per heavy atom. The quantitative estimate of drug-likeness (QED) is 0.622. The first kappa shape index (κ1) is 18.8. The molecule has 3 aromatic rings. The topological polar surface area (TPSA) is 46.9 Å². The lowest BCUT2D eigenvalue weighted by molar-refractivity contribution is -0.143. The average Bonchev–Trinajstić information content (AvgIpc) is 3.05. The minimum atomic E-state index is -4.95. The van der Waals surface area contributed by atoms with Gasteiger partial charge in [-0.1, -0.05) is 17.7 Å². The number of nitrogens with one attached hydrogen (secondary N) is 1. The molecule has 0 spiro atoms. The van der Waals surface area contributed by atoms with Crippen LogP contribution in [0, 0.1) is 11.6 Å². The highest BCUT2D eigenvalue weighted by molar-refractivity contribution is 6.31. The molecule has 0 atom stereocenters. The van der Waals surface area contributed by atoms with Crippen molar-refractivity contribution in [1.82, 2.24) is 9.78 Å². The Kier molecular flexibility index (Phi) is 4.88. The SMILES string of the molecule is O=C(Nc1cccc(Cl)c1F)c1cnn(-c2ccc(F)cc2)c1C(F)(F)F. The predicted octanol–water partition coefficient (Wildman–Crippen LogP) is 5.08. The number of rotatable bonds is 3. The summed E-state index contributed by atoms with van der Waals surface area (Å²) in [6.45, 7) is 0. The van der Waals surface area contributed by atoms with Crippen LogP contribution in [-0.2, 0) is 6.18 Å². The van der Waals surface area contributed by atoms with E-state index in [4.69, 9.17) is 11.6 Å². The van der Waals surface area contributed by atoms with Gasteiger partial charge in [-0.05, 0) is 36.4 Å². The molecule has 0 saturated carbocycles. The van der Waals surface area contributed by atoms with Crippen LogP contribution in [0.2, 0.25) is 5.02 Å². The molecule has 3 rings (SSSR count). The summed E-state index contributed by atoms with van der Waals surface area (Å²) in [5.41, 5.74) is -2.69. The van der Waals surface area contributed by atoms with Crippen molar-refractivity contribution in [2.45, 2.75) is 6.18 Å². The van der Waals surface area contributed by atoms with Gasteiger partial charge in [0.05, 0.1) is 28.2 Å². The third-order valence-corrected chi connectivity index (χ3v) is 3.85. The summed E-state index contributed by atoms with van der Waals surface area (Å²) in [6.07, 6.45) is -4.26. The van der Waals surface area contributed by atoms with Crippen molar-refractivity contribution in [2.75, 3.05) is 5.32 Å². The van der Waals surface area contributed by atoms with Crippen LogP contribution in [0.3, 0.4) is 0 Å². The van der Waals surface area contributed by atoms with Crippen LogP contribution in [-0.4, -0.2) is 15.7 Å². The number of benzene rings is 2. The fourth-order valence-electron chi connectivity index (χ4n) is 2.36. The van der Waals surface area contributed by atoms with E-state index in [1.54, 1.807) is 0 Å². The molecule has 1 aromatic heterocycles. The standard InChI is InChI=1S/C17H9ClF5N3O/c18-12-2-1-3-13(14(12)20)25-16(27)11-8-24-26(15(11)17(21,22)23)10-6-4-9(19)5-7-10/h1-8H,(H,25,27). The first-order chi connectivity index (χ1) is 12.7. The summed E-state index contributed by atoms with van der Waals surface area (Å²) in [6, 6.07) is 7.77. The highest BCUT2D eigenvalue weighted by Crippen LogP contribution is 2.34. The molecule has 0 aliphatic rings. The van der Waals surface area contributed by atoms with Crippen LogP contribution in [0.4, 0.5) is 27.6 Å². The molecule has 1 amide bonds. The second-order valence-corrected chi connectivity index (χ2v) is 5.76. The molecule has 0 radical (unpaired) electrons. The molecule has 0 aliphatic heterocycles. The fourth-order valence-corrected chi connectivity index (χ4v) is 2.53. The van der Waals surface area contributed by atoms with E-state index in [0.29, 0.717) is 10.9 Å². The summed E-state index contributed by atoms with van der Waals surface area (Å²) >= 11 is 5.59. The highest BCUT2D eigenvalue weighted by atomic mass is 35.5. The summed E-state index contributed by atoms with van der Waals surface area (Å²) in [4.78, 5) is 12.3. The maximum absolute atomic E-state index is 13.9. The summed E-state index contributed by atoms with van der Waals surface area (Å²) in [7, 11) is 0. The average molecular weight is 402 g/mol. The molecule has 0 fully saturated rings. The molecular formula is C17H9ClF5N3O. The zero-order valence-corrected chi connectivity index (χ0v) is 13.9. The number of amides is 1. The van der Waals surface area contributed by atoms with E-state index in [2.05, 4.69) is 5.10 Å². The lowest BCUT2D eigenvalue weighted by Gasteiger charge is -2.13. The maximum Gasteiger partial charge on any atom is 0.434 e. The van der Waals surface area contributed by atoms with Crippen LogP contribution in [0.1, 0.15) is 16.1 Å². The van der Waals surface area contributed by atoms with Crippen LogP contribution < -0.4 is 5.32 Å². The second kappa shape index (κ2) is 6.99. The third-order valence-electron chi connectivity index (χ3n) is 3.55. The van der Waals surface area contributed by atoms with Gasteiger partial charge in [-0.2, -0.15) is 18.3 Å². The van der Waals surface area contributed by atoms with Gasteiger partial charge in [-0.3, -0.25) is 4.79 Å². The van der Waals surface area contributed by atoms with Gasteiger partial charge in [0.25, 0.3) is 5.91 Å². The zero-order chi connectivity index (χ0) is 19.8. The van der Waals surface area contributed by atoms with Gasteiger partial charge in [0.2, 0.25) is 0 Å². The van der Waals surface area contributed by atoms with Gasteiger partial charge < -0.3 is 5.32 Å². The fraction of sp³-hybridized carbons (Fsp3) is 0.0588. The maximum atomic E-state index is 13.9. The highest BCUT2D eigenvalue weighted by Gasteiger charge is 2.40. The number of hydrogen-bond acceptors (Lipinski definition) is 2. The third kappa shape index (κ3) is 3.77. The van der Waals surface area contributed by atoms with E-state index >= 15 is 0 Å². The number of nitrogens with zero attached hydrogens (tertiary/aromatic N) is 2. The second-order valence-electron chi connectivity index (χ2n) is 5.35. The molecule has 140 valence electrons. The molecule has 0 aliphatic carbocycles. The van der Waals surface area contributed by atoms with Crippen LogP contribution >= 0.6 is 11.6 Å². The van der Waals surface area contributed by atoms with Crippen LogP contribution in [0.25, 0.3) is 5.69 Å². The van der Waals surface area contributed by atoms with Crippen molar-refractivity contribution >= 4 is 23.2 Å². The number of aromatic nitrogens is 2. The Morgan fingerprint density at radius 1 is 1.07 bits per heavy atom. The molecule has 0 unspecified atom stereocenters. The Balaban J connectivity index is 2.04. The minimum absolute atomic E-state index is 0.100. The molecular weight excluding hydrogens is 393 g/mol. The van der Waals surface area contributed by atoms with Gasteiger partial charge in [0.1, 0.15) is 5.82 Å². The predicted molar refractivity (Wildman–Crippen MR) is 87.9 cm³/mol. The van der Waals surface area contributed by atoms with Crippen molar-refractivity contribution < 1.29 is 26.7 Å². The number of carbonyl (C=O) groups excluding carboxylic acids is 1. The summed E-state index contributed by atoms with van der Waals surface area (Å²) in [5, 5.41) is 5.32. The number of anilines is 1. The van der Waals surface area contributed by atoms with E-state index in [-0.39, 0.29) is 16.4 Å². The molecule has 0 saturated heterocycles. The monoisotopic (exact) mass is 401 g/mol. The number of alkyl halides is 3. The van der Waals surface area contributed by atoms with Gasteiger partial charge >= 0.3 is 6.18 Å². The normalized spacial score (nSPS) is 11.5. The van der Waals surface area contributed by atoms with Crippen LogP contribution in [0.15, 0.2) is 48.7 Å². The van der Waals surface area contributed by atoms with Gasteiger partial charge in [-0.25, -0.2) is 13.5 Å². The van der Waals surface area contributed by atoms with Gasteiger partial charge in [0.15, 0.2) is 11.5 Å². The number of halogens is 6. The molecule has 2 aromatic carbocycles. The van der Waals surface area contributed by atoms with Crippen molar-refractivity contribution in [1.29, 1.82) is 0 Å². The van der Waals surface area contributed by atoms with E-state index in [9.17, 15) is 26.7 Å².